The van der Waals surface area contributed by atoms with Gasteiger partial charge in [0.2, 0.25) is 0 Å². The Hall–Kier alpha value is -5.05. The number of fused-ring (bicyclic) bond motifs is 2. The van der Waals surface area contributed by atoms with Crippen molar-refractivity contribution in [2.75, 3.05) is 20.3 Å². The summed E-state index contributed by atoms with van der Waals surface area (Å²) in [6.07, 6.45) is 3.53. The van der Waals surface area contributed by atoms with Crippen LogP contribution in [0.1, 0.15) is 91.3 Å². The van der Waals surface area contributed by atoms with Crippen molar-refractivity contribution in [3.8, 4) is 22.6 Å². The zero-order chi connectivity index (χ0) is 48.5. The van der Waals surface area contributed by atoms with Gasteiger partial charge in [0.25, 0.3) is 0 Å². The second-order valence-electron chi connectivity index (χ2n) is 19.6. The summed E-state index contributed by atoms with van der Waals surface area (Å²) in [6.45, 7) is 17.9. The summed E-state index contributed by atoms with van der Waals surface area (Å²) < 4.78 is 30.2. The minimum absolute atomic E-state index is 0.128. The maximum absolute atomic E-state index is 14.0. The molecule has 0 atom stereocenters. The van der Waals surface area contributed by atoms with E-state index in [0.29, 0.717) is 55.9 Å². The van der Waals surface area contributed by atoms with Crippen molar-refractivity contribution in [1.82, 2.24) is 29.0 Å². The predicted molar refractivity (Wildman–Crippen MR) is 279 cm³/mol. The standard InChI is InChI=1S/C54H67ClN6O5SSi/c1-12-64-53(62)52-44(18-15-27-65-48-30-42(28-37-16-13-14-17-43(37)48)67-34-36-19-23-41(63-9)24-20-36)45-25-26-46(55)50(51(45)58(52)6)49-35(2)59(7)57-47(49)32-61(39-21-22-39)31-38-29-40(60(8)56-38)33-66-68(10,11)54(3,4)5/h13-14,16-17,19-20,23-26,28-30,39H,12,15,18,21-22,27,31-34H2,1-11H3. The molecule has 7 aromatic rings. The fourth-order valence-electron chi connectivity index (χ4n) is 8.84. The molecule has 3 aromatic heterocycles. The first kappa shape index (κ1) is 49.4. The Kier molecular flexibility index (Phi) is 14.9. The van der Waals surface area contributed by atoms with Crippen LogP contribution in [-0.2, 0) is 62.2 Å². The summed E-state index contributed by atoms with van der Waals surface area (Å²) >= 11 is 9.09. The maximum atomic E-state index is 14.0. The van der Waals surface area contributed by atoms with Crippen molar-refractivity contribution in [2.45, 2.75) is 115 Å². The molecule has 68 heavy (non-hydrogen) atoms. The monoisotopic (exact) mass is 974 g/mol. The molecular formula is C54H67ClN6O5SSi. The first-order chi connectivity index (χ1) is 32.5. The number of esters is 1. The minimum atomic E-state index is -1.93. The number of hydrogen-bond donors (Lipinski definition) is 0. The van der Waals surface area contributed by atoms with Crippen LogP contribution in [0.4, 0.5) is 0 Å². The number of carbonyl (C=O) groups excluding carboxylic acids is 1. The van der Waals surface area contributed by atoms with Crippen LogP contribution in [0.25, 0.3) is 32.8 Å². The van der Waals surface area contributed by atoms with Gasteiger partial charge in [-0.25, -0.2) is 4.79 Å². The van der Waals surface area contributed by atoms with Crippen molar-refractivity contribution >= 4 is 59.3 Å². The van der Waals surface area contributed by atoms with Crippen LogP contribution < -0.4 is 9.47 Å². The van der Waals surface area contributed by atoms with Crippen molar-refractivity contribution in [2.24, 2.45) is 21.1 Å². The van der Waals surface area contributed by atoms with E-state index in [2.05, 4.69) is 94.2 Å². The summed E-state index contributed by atoms with van der Waals surface area (Å²) in [5, 5.41) is 14.0. The number of rotatable bonds is 20. The van der Waals surface area contributed by atoms with Gasteiger partial charge in [-0.15, -0.1) is 11.8 Å². The van der Waals surface area contributed by atoms with E-state index in [-0.39, 0.29) is 17.6 Å². The van der Waals surface area contributed by atoms with E-state index < -0.39 is 8.32 Å². The van der Waals surface area contributed by atoms with Crippen molar-refractivity contribution in [1.29, 1.82) is 0 Å². The summed E-state index contributed by atoms with van der Waals surface area (Å²) in [5.41, 5.74) is 9.44. The molecule has 360 valence electrons. The fourth-order valence-corrected chi connectivity index (χ4v) is 11.0. The first-order valence-corrected chi connectivity index (χ1v) is 28.1. The van der Waals surface area contributed by atoms with Crippen molar-refractivity contribution in [3.05, 3.63) is 123 Å². The Morgan fingerprint density at radius 2 is 1.68 bits per heavy atom. The third kappa shape index (κ3) is 10.6. The highest BCUT2D eigenvalue weighted by atomic mass is 35.5. The van der Waals surface area contributed by atoms with Gasteiger partial charge in [-0.1, -0.05) is 74.8 Å². The van der Waals surface area contributed by atoms with Gasteiger partial charge in [0.15, 0.2) is 8.32 Å². The average Bonchev–Trinajstić information content (AvgIpc) is 3.97. The topological polar surface area (TPSA) is 97.8 Å². The molecule has 1 aliphatic carbocycles. The lowest BCUT2D eigenvalue weighted by Crippen LogP contribution is -2.40. The van der Waals surface area contributed by atoms with E-state index >= 15 is 0 Å². The lowest BCUT2D eigenvalue weighted by atomic mass is 9.97. The quantitative estimate of drug-likeness (QED) is 0.0320. The Morgan fingerprint density at radius 1 is 0.926 bits per heavy atom. The van der Waals surface area contributed by atoms with E-state index in [1.54, 1.807) is 18.9 Å². The van der Waals surface area contributed by atoms with Gasteiger partial charge in [0.05, 0.1) is 54.6 Å². The summed E-state index contributed by atoms with van der Waals surface area (Å²) in [5.74, 6) is 2.16. The van der Waals surface area contributed by atoms with E-state index in [1.807, 2.05) is 72.3 Å². The molecule has 0 radical (unpaired) electrons. The number of aromatic nitrogens is 5. The largest absolute Gasteiger partial charge is 0.497 e. The highest BCUT2D eigenvalue weighted by Crippen LogP contribution is 2.44. The van der Waals surface area contributed by atoms with Gasteiger partial charge >= 0.3 is 5.97 Å². The average molecular weight is 976 g/mol. The van der Waals surface area contributed by atoms with Gasteiger partial charge in [0, 0.05) is 78.5 Å². The molecule has 0 aliphatic heterocycles. The molecule has 0 spiro atoms. The molecule has 0 bridgehead atoms. The summed E-state index contributed by atoms with van der Waals surface area (Å²) in [4.78, 5) is 17.6. The van der Waals surface area contributed by atoms with E-state index in [0.717, 1.165) is 96.1 Å². The number of nitrogens with zero attached hydrogens (tertiary/aromatic N) is 6. The molecule has 0 saturated heterocycles. The molecule has 14 heteroatoms. The van der Waals surface area contributed by atoms with Gasteiger partial charge < -0.3 is 23.2 Å². The van der Waals surface area contributed by atoms with E-state index in [1.165, 1.54) is 5.56 Å². The third-order valence-electron chi connectivity index (χ3n) is 13.9. The molecule has 4 aromatic carbocycles. The highest BCUT2D eigenvalue weighted by molar-refractivity contribution is 7.98. The van der Waals surface area contributed by atoms with Crippen LogP contribution in [-0.4, -0.2) is 69.7 Å². The number of benzene rings is 4. The predicted octanol–water partition coefficient (Wildman–Crippen LogP) is 12.6. The number of methoxy groups -OCH3 is 1. The number of aryl methyl sites for hydroxylation is 4. The van der Waals surface area contributed by atoms with Crippen LogP contribution in [0.2, 0.25) is 23.2 Å². The SMILES string of the molecule is CCOC(=O)c1c(CCCOc2cc(SCc3ccc(OC)cc3)cc3ccccc23)c2ccc(Cl)c(-c3c(CN(Cc4cc(CO[Si](C)(C)C(C)(C)C)n(C)n4)C4CC4)nn(C)c3C)c2n1C. The summed E-state index contributed by atoms with van der Waals surface area (Å²) in [6, 6.07) is 27.6. The Morgan fingerprint density at radius 3 is 2.38 bits per heavy atom. The van der Waals surface area contributed by atoms with Crippen LogP contribution in [0.3, 0.4) is 0 Å². The van der Waals surface area contributed by atoms with Crippen LogP contribution >= 0.6 is 23.4 Å². The minimum Gasteiger partial charge on any atom is -0.497 e. The molecule has 0 N–H and O–H groups in total. The Labute approximate surface area is 412 Å². The maximum Gasteiger partial charge on any atom is 0.355 e. The number of carbonyl (C=O) groups is 1. The van der Waals surface area contributed by atoms with E-state index in [4.69, 9.17) is 40.4 Å². The molecule has 1 fully saturated rings. The fraction of sp³-hybridized carbons (Fsp3) is 0.426. The van der Waals surface area contributed by atoms with Crippen LogP contribution in [0.5, 0.6) is 11.5 Å². The molecule has 3 heterocycles. The molecule has 0 amide bonds. The normalized spacial score (nSPS) is 13.3. The molecule has 11 nitrogen and oxygen atoms in total. The number of thioether (sulfide) groups is 1. The number of ether oxygens (including phenoxy) is 3. The summed E-state index contributed by atoms with van der Waals surface area (Å²) in [7, 11) is 5.71. The zero-order valence-electron chi connectivity index (χ0n) is 41.7. The Bertz CT molecular complexity index is 2930. The molecule has 1 saturated carbocycles. The van der Waals surface area contributed by atoms with Crippen LogP contribution in [0.15, 0.2) is 83.8 Å². The van der Waals surface area contributed by atoms with Gasteiger partial charge in [-0.05, 0) is 111 Å². The first-order valence-electron chi connectivity index (χ1n) is 23.8. The molecule has 0 unspecified atom stereocenters. The smallest absolute Gasteiger partial charge is 0.355 e. The molecule has 8 rings (SSSR count). The lowest BCUT2D eigenvalue weighted by molar-refractivity contribution is 0.0514. The second-order valence-corrected chi connectivity index (χ2v) is 25.9. The molecular weight excluding hydrogens is 908 g/mol. The van der Waals surface area contributed by atoms with Crippen molar-refractivity contribution < 1.29 is 23.4 Å². The van der Waals surface area contributed by atoms with Gasteiger partial charge in [0.1, 0.15) is 17.2 Å². The van der Waals surface area contributed by atoms with E-state index in [9.17, 15) is 4.79 Å². The second kappa shape index (κ2) is 20.5. The Balaban J connectivity index is 1.06. The third-order valence-corrected chi connectivity index (χ3v) is 19.8. The zero-order valence-corrected chi connectivity index (χ0v) is 44.2. The number of hydrogen-bond acceptors (Lipinski definition) is 9. The van der Waals surface area contributed by atoms with Crippen LogP contribution in [0, 0.1) is 6.92 Å². The molecule has 1 aliphatic rings. The van der Waals surface area contributed by atoms with Gasteiger partial charge in [-0.2, -0.15) is 10.2 Å². The highest BCUT2D eigenvalue weighted by Gasteiger charge is 2.38. The lowest BCUT2D eigenvalue weighted by Gasteiger charge is -2.36. The van der Waals surface area contributed by atoms with Gasteiger partial charge in [-0.3, -0.25) is 14.3 Å². The number of halogens is 1. The van der Waals surface area contributed by atoms with Crippen molar-refractivity contribution in [3.63, 3.8) is 0 Å².